The zero-order chi connectivity index (χ0) is 30.5. The van der Waals surface area contributed by atoms with E-state index in [1.165, 1.54) is 11.0 Å². The van der Waals surface area contributed by atoms with Gasteiger partial charge in [0.25, 0.3) is 0 Å². The maximum Gasteiger partial charge on any atom is 0.373 e. The van der Waals surface area contributed by atoms with Crippen LogP contribution in [0, 0.1) is 13.8 Å². The molecule has 6 aromatic rings. The predicted octanol–water partition coefficient (Wildman–Crippen LogP) is 6.62. The predicted molar refractivity (Wildman–Crippen MR) is 165 cm³/mol. The topological polar surface area (TPSA) is 114 Å². The minimum atomic E-state index is 0.250. The standard InChI is InChI=1S/C20H19N3O2.C13H16N2O.CO2/c1-13-21-17-12-14(20-22-16-4-2-3-5-19(16)25-20)6-7-18(17)23(13)15-8-10-24-11-9-15;1-10-14-12-4-2-3-5-13(12)15(10)11-6-8-16-9-7-11;2-1-3/h2-7,12,15H,8-11H2,1H3;2-5,11H,6-9H2,1H3;. The fourth-order valence-electron chi connectivity index (χ4n) is 6.32. The molecule has 3 aromatic carbocycles. The smallest absolute Gasteiger partial charge is 0.373 e. The van der Waals surface area contributed by atoms with E-state index in [1.807, 2.05) is 30.3 Å². The number of hydrogen-bond donors (Lipinski definition) is 0. The lowest BCUT2D eigenvalue weighted by molar-refractivity contribution is -0.191. The Balaban J connectivity index is 0.000000155. The highest BCUT2D eigenvalue weighted by molar-refractivity contribution is 5.83. The van der Waals surface area contributed by atoms with E-state index in [4.69, 9.17) is 28.5 Å². The monoisotopic (exact) mass is 593 g/mol. The molecule has 2 fully saturated rings. The van der Waals surface area contributed by atoms with Crippen LogP contribution >= 0.6 is 0 Å². The minimum Gasteiger partial charge on any atom is -0.436 e. The van der Waals surface area contributed by atoms with Crippen molar-refractivity contribution in [2.45, 2.75) is 51.6 Å². The second-order valence-corrected chi connectivity index (χ2v) is 11.0. The van der Waals surface area contributed by atoms with Gasteiger partial charge < -0.3 is 23.0 Å². The maximum absolute atomic E-state index is 8.12. The summed E-state index contributed by atoms with van der Waals surface area (Å²) >= 11 is 0. The number of aryl methyl sites for hydroxylation is 2. The maximum atomic E-state index is 8.12. The largest absolute Gasteiger partial charge is 0.436 e. The molecule has 0 unspecified atom stereocenters. The SMILES string of the molecule is Cc1nc2cc(-c3nc4ccccc4o3)ccc2n1C1CCOCC1.Cc1nc2ccccc2n1C1CCOCC1.O=C=O. The van der Waals surface area contributed by atoms with Crippen molar-refractivity contribution in [1.82, 2.24) is 24.1 Å². The molecule has 0 bridgehead atoms. The number of ether oxygens (including phenoxy) is 2. The van der Waals surface area contributed by atoms with Gasteiger partial charge in [0.15, 0.2) is 5.58 Å². The first-order chi connectivity index (χ1) is 21.6. The molecule has 5 heterocycles. The number of aromatic nitrogens is 5. The van der Waals surface area contributed by atoms with Gasteiger partial charge in [-0.25, -0.2) is 15.0 Å². The molecule has 0 spiro atoms. The number of oxazole rings is 1. The molecule has 3 aromatic heterocycles. The Labute approximate surface area is 254 Å². The molecule has 2 aliphatic rings. The molecule has 226 valence electrons. The molecule has 10 nitrogen and oxygen atoms in total. The van der Waals surface area contributed by atoms with Crippen molar-refractivity contribution in [1.29, 1.82) is 0 Å². The van der Waals surface area contributed by atoms with E-state index in [-0.39, 0.29) is 6.15 Å². The van der Waals surface area contributed by atoms with Gasteiger partial charge in [0.1, 0.15) is 17.2 Å². The number of fused-ring (bicyclic) bond motifs is 3. The summed E-state index contributed by atoms with van der Waals surface area (Å²) in [7, 11) is 0. The minimum absolute atomic E-state index is 0.250. The van der Waals surface area contributed by atoms with Crippen LogP contribution in [0.4, 0.5) is 0 Å². The van der Waals surface area contributed by atoms with Crippen LogP contribution in [0.1, 0.15) is 49.4 Å². The highest BCUT2D eigenvalue weighted by Gasteiger charge is 2.21. The highest BCUT2D eigenvalue weighted by Crippen LogP contribution is 2.32. The lowest BCUT2D eigenvalue weighted by atomic mass is 10.1. The third kappa shape index (κ3) is 6.05. The van der Waals surface area contributed by atoms with Crippen molar-refractivity contribution in [2.75, 3.05) is 26.4 Å². The van der Waals surface area contributed by atoms with Crippen LogP contribution in [0.2, 0.25) is 0 Å². The summed E-state index contributed by atoms with van der Waals surface area (Å²) in [4.78, 5) is 30.2. The molecule has 0 N–H and O–H groups in total. The van der Waals surface area contributed by atoms with E-state index in [0.717, 1.165) is 91.5 Å². The fraction of sp³-hybridized carbons (Fsp3) is 0.353. The average Bonchev–Trinajstić information content (AvgIpc) is 3.74. The van der Waals surface area contributed by atoms with Crippen LogP contribution < -0.4 is 0 Å². The second kappa shape index (κ2) is 13.3. The van der Waals surface area contributed by atoms with Crippen LogP contribution in [0.5, 0.6) is 0 Å². The zero-order valence-electron chi connectivity index (χ0n) is 24.9. The molecule has 2 aliphatic heterocycles. The number of para-hydroxylation sites is 4. The van der Waals surface area contributed by atoms with Crippen LogP contribution in [-0.2, 0) is 19.1 Å². The summed E-state index contributed by atoms with van der Waals surface area (Å²) in [5.41, 5.74) is 7.16. The molecule has 0 amide bonds. The Morgan fingerprint density at radius 1 is 0.659 bits per heavy atom. The van der Waals surface area contributed by atoms with E-state index >= 15 is 0 Å². The fourth-order valence-corrected chi connectivity index (χ4v) is 6.32. The lowest BCUT2D eigenvalue weighted by Gasteiger charge is -2.25. The summed E-state index contributed by atoms with van der Waals surface area (Å²) in [5.74, 6) is 2.81. The Morgan fingerprint density at radius 3 is 1.80 bits per heavy atom. The van der Waals surface area contributed by atoms with Gasteiger partial charge in [-0.05, 0) is 82.0 Å². The third-order valence-electron chi connectivity index (χ3n) is 8.29. The normalized spacial score (nSPS) is 15.9. The number of hydrogen-bond acceptors (Lipinski definition) is 8. The van der Waals surface area contributed by atoms with E-state index in [2.05, 4.69) is 69.3 Å². The van der Waals surface area contributed by atoms with E-state index in [1.54, 1.807) is 0 Å². The molecule has 8 rings (SSSR count). The van der Waals surface area contributed by atoms with Crippen molar-refractivity contribution >= 4 is 39.3 Å². The van der Waals surface area contributed by atoms with Gasteiger partial charge >= 0.3 is 6.15 Å². The Morgan fingerprint density at radius 2 is 1.18 bits per heavy atom. The van der Waals surface area contributed by atoms with Gasteiger partial charge in [0.2, 0.25) is 5.89 Å². The average molecular weight is 594 g/mol. The van der Waals surface area contributed by atoms with Gasteiger partial charge in [0.05, 0.1) is 22.1 Å². The molecular formula is C34H35N5O5. The first-order valence-corrected chi connectivity index (χ1v) is 15.0. The number of rotatable bonds is 3. The third-order valence-corrected chi connectivity index (χ3v) is 8.29. The molecule has 0 atom stereocenters. The summed E-state index contributed by atoms with van der Waals surface area (Å²) in [6, 6.07) is 23.5. The molecule has 2 saturated heterocycles. The van der Waals surface area contributed by atoms with Gasteiger partial charge in [-0.2, -0.15) is 9.59 Å². The van der Waals surface area contributed by atoms with Crippen molar-refractivity contribution in [2.24, 2.45) is 0 Å². The van der Waals surface area contributed by atoms with Gasteiger partial charge in [-0.1, -0.05) is 24.3 Å². The lowest BCUT2D eigenvalue weighted by Crippen LogP contribution is -2.20. The van der Waals surface area contributed by atoms with Crippen LogP contribution in [-0.4, -0.2) is 56.7 Å². The van der Waals surface area contributed by atoms with Crippen molar-refractivity contribution in [3.8, 4) is 11.5 Å². The van der Waals surface area contributed by atoms with Crippen molar-refractivity contribution in [3.05, 3.63) is 78.4 Å². The molecular weight excluding hydrogens is 558 g/mol. The number of carbonyl (C=O) groups excluding carboxylic acids is 2. The summed E-state index contributed by atoms with van der Waals surface area (Å²) in [5, 5.41) is 0. The van der Waals surface area contributed by atoms with E-state index in [0.29, 0.717) is 18.0 Å². The quantitative estimate of drug-likeness (QED) is 0.225. The van der Waals surface area contributed by atoms with Gasteiger partial charge in [-0.3, -0.25) is 0 Å². The van der Waals surface area contributed by atoms with Crippen molar-refractivity contribution < 1.29 is 23.5 Å². The zero-order valence-corrected chi connectivity index (χ0v) is 24.9. The van der Waals surface area contributed by atoms with Gasteiger partial charge in [-0.15, -0.1) is 0 Å². The molecule has 10 heteroatoms. The number of imidazole rings is 2. The van der Waals surface area contributed by atoms with E-state index in [9.17, 15) is 0 Å². The summed E-state index contributed by atoms with van der Waals surface area (Å²) in [6.07, 6.45) is 4.53. The molecule has 0 aliphatic carbocycles. The second-order valence-electron chi connectivity index (χ2n) is 11.0. The van der Waals surface area contributed by atoms with Crippen LogP contribution in [0.25, 0.3) is 44.6 Å². The Kier molecular flexibility index (Phi) is 8.93. The first-order valence-electron chi connectivity index (χ1n) is 15.0. The summed E-state index contributed by atoms with van der Waals surface area (Å²) < 4.78 is 21.5. The van der Waals surface area contributed by atoms with Gasteiger partial charge in [0, 0.05) is 44.1 Å². The first kappa shape index (κ1) is 29.4. The van der Waals surface area contributed by atoms with Crippen molar-refractivity contribution in [3.63, 3.8) is 0 Å². The van der Waals surface area contributed by atoms with E-state index < -0.39 is 0 Å². The van der Waals surface area contributed by atoms with Crippen LogP contribution in [0.15, 0.2) is 71.1 Å². The molecule has 44 heavy (non-hydrogen) atoms. The Bertz CT molecular complexity index is 1870. The number of nitrogens with zero attached hydrogens (tertiary/aromatic N) is 5. The number of benzene rings is 3. The Hall–Kier alpha value is -4.63. The highest BCUT2D eigenvalue weighted by atomic mass is 16.5. The van der Waals surface area contributed by atoms with Crippen LogP contribution in [0.3, 0.4) is 0 Å². The molecule has 0 saturated carbocycles. The molecule has 0 radical (unpaired) electrons. The summed E-state index contributed by atoms with van der Waals surface area (Å²) in [6.45, 7) is 7.56.